The number of hydrogen-bond acceptors (Lipinski definition) is 7. The van der Waals surface area contributed by atoms with E-state index in [0.717, 1.165) is 40.7 Å². The van der Waals surface area contributed by atoms with Gasteiger partial charge >= 0.3 is 5.97 Å². The lowest BCUT2D eigenvalue weighted by Gasteiger charge is -2.22. The van der Waals surface area contributed by atoms with Crippen molar-refractivity contribution >= 4 is 68.6 Å². The van der Waals surface area contributed by atoms with Gasteiger partial charge in [0.1, 0.15) is 11.7 Å². The number of anilines is 2. The molecule has 0 spiro atoms. The molecular formula is C34H39IN6O4. The highest BCUT2D eigenvalue weighted by atomic mass is 127. The summed E-state index contributed by atoms with van der Waals surface area (Å²) >= 11 is 2.33. The van der Waals surface area contributed by atoms with E-state index < -0.39 is 0 Å². The molecule has 0 aliphatic heterocycles. The van der Waals surface area contributed by atoms with Gasteiger partial charge in [0.05, 0.1) is 30.6 Å². The molecule has 2 amide bonds. The number of para-hydroxylation sites is 1. The fraction of sp³-hybridized carbons (Fsp3) is 0.324. The third-order valence-electron chi connectivity index (χ3n) is 7.30. The molecule has 0 unspecified atom stereocenters. The second-order valence-electron chi connectivity index (χ2n) is 10.5. The number of imidazole rings is 1. The quantitative estimate of drug-likeness (QED) is 0.0334. The minimum Gasteiger partial charge on any atom is -0.466 e. The van der Waals surface area contributed by atoms with Crippen molar-refractivity contribution in [2.24, 2.45) is 7.05 Å². The lowest BCUT2D eigenvalue weighted by atomic mass is 10.1. The van der Waals surface area contributed by atoms with Gasteiger partial charge in [0.2, 0.25) is 5.91 Å². The Labute approximate surface area is 277 Å². The second-order valence-corrected chi connectivity index (χ2v) is 11.6. The van der Waals surface area contributed by atoms with Gasteiger partial charge in [-0.05, 0) is 78.8 Å². The van der Waals surface area contributed by atoms with E-state index in [0.29, 0.717) is 41.9 Å². The zero-order chi connectivity index (χ0) is 32.2. The summed E-state index contributed by atoms with van der Waals surface area (Å²) in [7, 11) is 1.93. The minimum atomic E-state index is -0.351. The number of alkyl halides is 1. The van der Waals surface area contributed by atoms with E-state index in [1.165, 1.54) is 0 Å². The summed E-state index contributed by atoms with van der Waals surface area (Å²) in [5, 5.41) is 14.3. The Kier molecular flexibility index (Phi) is 12.5. The number of ether oxygens (including phenoxy) is 1. The number of esters is 1. The number of nitrogens with zero attached hydrogens (tertiary/aromatic N) is 3. The van der Waals surface area contributed by atoms with E-state index in [1.54, 1.807) is 36.1 Å². The van der Waals surface area contributed by atoms with Crippen LogP contribution in [0.4, 0.5) is 11.4 Å². The van der Waals surface area contributed by atoms with Gasteiger partial charge in [-0.25, -0.2) is 4.98 Å². The number of aromatic nitrogens is 2. The van der Waals surface area contributed by atoms with Crippen LogP contribution in [0.3, 0.4) is 0 Å². The third kappa shape index (κ3) is 9.37. The van der Waals surface area contributed by atoms with Crippen LogP contribution in [0.5, 0.6) is 0 Å². The fourth-order valence-electron chi connectivity index (χ4n) is 4.86. The highest BCUT2D eigenvalue weighted by Gasteiger charge is 2.21. The third-order valence-corrected chi connectivity index (χ3v) is 8.07. The predicted molar refractivity (Wildman–Crippen MR) is 186 cm³/mol. The second kappa shape index (κ2) is 16.7. The molecule has 0 aliphatic carbocycles. The molecule has 4 aromatic rings. The maximum absolute atomic E-state index is 13.7. The topological polar surface area (TPSA) is 129 Å². The smallest absolute Gasteiger partial charge is 0.307 e. The van der Waals surface area contributed by atoms with Crippen LogP contribution in [0.15, 0.2) is 72.8 Å². The number of nitrogens with one attached hydrogen (secondary N) is 3. The Hall–Kier alpha value is -4.26. The summed E-state index contributed by atoms with van der Waals surface area (Å²) in [6, 6.07) is 22.0. The molecule has 0 aliphatic rings. The molecule has 10 nitrogen and oxygen atoms in total. The molecule has 0 fully saturated rings. The van der Waals surface area contributed by atoms with Gasteiger partial charge < -0.3 is 24.8 Å². The summed E-state index contributed by atoms with van der Waals surface area (Å²) < 4.78 is 8.13. The molecule has 45 heavy (non-hydrogen) atoms. The molecule has 4 rings (SSSR count). The monoisotopic (exact) mass is 722 g/mol. The van der Waals surface area contributed by atoms with Crippen LogP contribution in [-0.4, -0.2) is 50.7 Å². The Morgan fingerprint density at radius 2 is 1.69 bits per heavy atom. The zero-order valence-corrected chi connectivity index (χ0v) is 27.8. The van der Waals surface area contributed by atoms with Crippen LogP contribution >= 0.6 is 22.6 Å². The van der Waals surface area contributed by atoms with Gasteiger partial charge in [-0.1, -0.05) is 47.2 Å². The van der Waals surface area contributed by atoms with Crippen molar-refractivity contribution in [1.29, 1.82) is 5.41 Å². The van der Waals surface area contributed by atoms with Crippen LogP contribution in [0.25, 0.3) is 11.0 Å². The van der Waals surface area contributed by atoms with E-state index in [-0.39, 0.29) is 36.6 Å². The number of hydrogen-bond donors (Lipinski definition) is 3. The maximum atomic E-state index is 13.7. The van der Waals surface area contributed by atoms with Crippen molar-refractivity contribution in [2.75, 3.05) is 27.8 Å². The summed E-state index contributed by atoms with van der Waals surface area (Å²) in [5.74, 6) is 0.162. The van der Waals surface area contributed by atoms with Crippen LogP contribution in [-0.2, 0) is 27.9 Å². The number of benzene rings is 3. The molecule has 0 saturated heterocycles. The van der Waals surface area contributed by atoms with Crippen LogP contribution < -0.4 is 15.5 Å². The molecule has 11 heteroatoms. The average Bonchev–Trinajstić information content (AvgIpc) is 3.37. The molecule has 0 radical (unpaired) electrons. The van der Waals surface area contributed by atoms with Gasteiger partial charge in [0.15, 0.2) is 0 Å². The zero-order valence-electron chi connectivity index (χ0n) is 25.6. The van der Waals surface area contributed by atoms with Crippen molar-refractivity contribution in [3.05, 3.63) is 89.7 Å². The number of unbranched alkanes of at least 4 members (excludes halogenated alkanes) is 2. The van der Waals surface area contributed by atoms with E-state index in [1.807, 2.05) is 60.1 Å². The summed E-state index contributed by atoms with van der Waals surface area (Å²) in [4.78, 5) is 44.2. The van der Waals surface area contributed by atoms with Crippen LogP contribution in [0.1, 0.15) is 60.8 Å². The molecule has 0 saturated carbocycles. The number of rotatable bonds is 15. The van der Waals surface area contributed by atoms with Gasteiger partial charge in [-0.2, -0.15) is 0 Å². The molecule has 236 valence electrons. The number of fused-ring (bicyclic) bond motifs is 1. The highest BCUT2D eigenvalue weighted by molar-refractivity contribution is 14.1. The van der Waals surface area contributed by atoms with E-state index in [9.17, 15) is 14.4 Å². The molecule has 1 heterocycles. The summed E-state index contributed by atoms with van der Waals surface area (Å²) in [6.07, 6.45) is 3.45. The lowest BCUT2D eigenvalue weighted by molar-refractivity contribution is -0.142. The van der Waals surface area contributed by atoms with Gasteiger partial charge in [0, 0.05) is 42.5 Å². The first-order valence-electron chi connectivity index (χ1n) is 15.1. The largest absolute Gasteiger partial charge is 0.466 e. The minimum absolute atomic E-state index is 0.0891. The van der Waals surface area contributed by atoms with Crippen molar-refractivity contribution in [2.45, 2.75) is 45.6 Å². The number of amides is 2. The Morgan fingerprint density at radius 1 is 0.956 bits per heavy atom. The first kappa shape index (κ1) is 33.6. The lowest BCUT2D eigenvalue weighted by Crippen LogP contribution is -2.33. The summed E-state index contributed by atoms with van der Waals surface area (Å²) in [6.45, 7) is 2.68. The molecule has 0 bridgehead atoms. The number of aryl methyl sites for hydroxylation is 1. The molecule has 0 atom stereocenters. The van der Waals surface area contributed by atoms with Gasteiger partial charge in [-0.15, -0.1) is 0 Å². The average molecular weight is 723 g/mol. The molecular weight excluding hydrogens is 683 g/mol. The van der Waals surface area contributed by atoms with Gasteiger partial charge in [0.25, 0.3) is 5.91 Å². The predicted octanol–water partition coefficient (Wildman–Crippen LogP) is 6.22. The van der Waals surface area contributed by atoms with E-state index >= 15 is 0 Å². The van der Waals surface area contributed by atoms with E-state index in [4.69, 9.17) is 15.1 Å². The first-order valence-corrected chi connectivity index (χ1v) is 16.6. The SMILES string of the molecule is CCOC(=O)CCN(C(=O)c1ccc2c(c1)nc(CNc1ccc(C(=N)NC(=O)CCCCCI)cc1)n2C)c1ccccc1. The Balaban J connectivity index is 1.40. The van der Waals surface area contributed by atoms with E-state index in [2.05, 4.69) is 33.2 Å². The Morgan fingerprint density at radius 3 is 2.40 bits per heavy atom. The number of halogens is 1. The number of carbonyl (C=O) groups is 3. The standard InChI is InChI=1S/C34H39IN6O4/c1-3-45-32(43)19-21-41(27-10-6-4-7-11-27)34(44)25-15-18-29-28(22-25)38-30(40(29)2)23-37-26-16-13-24(14-17-26)33(36)39-31(42)12-8-5-9-20-35/h4,6-7,10-11,13-18,22,37H,3,5,8-9,12,19-21,23H2,1-2H3,(H2,36,39,42). The van der Waals surface area contributed by atoms with Crippen molar-refractivity contribution in [1.82, 2.24) is 14.9 Å². The Bertz CT molecular complexity index is 1620. The van der Waals surface area contributed by atoms with Crippen molar-refractivity contribution < 1.29 is 19.1 Å². The molecule has 3 aromatic carbocycles. The number of amidine groups is 1. The first-order chi connectivity index (χ1) is 21.8. The van der Waals surface area contributed by atoms with Crippen LogP contribution in [0.2, 0.25) is 0 Å². The highest BCUT2D eigenvalue weighted by Crippen LogP contribution is 2.22. The fourth-order valence-corrected chi connectivity index (χ4v) is 5.39. The number of carbonyl (C=O) groups excluding carboxylic acids is 3. The van der Waals surface area contributed by atoms with Crippen molar-refractivity contribution in [3.8, 4) is 0 Å². The summed E-state index contributed by atoms with van der Waals surface area (Å²) in [5.41, 5.74) is 4.22. The molecule has 1 aromatic heterocycles. The van der Waals surface area contributed by atoms with Gasteiger partial charge in [-0.3, -0.25) is 19.8 Å². The maximum Gasteiger partial charge on any atom is 0.307 e. The van der Waals surface area contributed by atoms with Crippen LogP contribution in [0, 0.1) is 5.41 Å². The molecule has 3 N–H and O–H groups in total. The normalized spacial score (nSPS) is 10.8. The van der Waals surface area contributed by atoms with Crippen molar-refractivity contribution in [3.63, 3.8) is 0 Å².